The molecule has 20 heavy (non-hydrogen) atoms. The molecule has 1 heterocycles. The number of nitrogens with two attached hydrogens (primary N) is 1. The largest absolute Gasteiger partial charge is 0.383 e. The summed E-state index contributed by atoms with van der Waals surface area (Å²) in [6.45, 7) is 2.80. The van der Waals surface area contributed by atoms with Crippen molar-refractivity contribution in [2.45, 2.75) is 50.0 Å². The molecule has 7 heteroatoms. The zero-order valence-electron chi connectivity index (χ0n) is 12.5. The van der Waals surface area contributed by atoms with Gasteiger partial charge in [-0.15, -0.1) is 0 Å². The molecule has 2 N–H and O–H groups in total. The minimum Gasteiger partial charge on any atom is -0.383 e. The lowest BCUT2D eigenvalue weighted by Gasteiger charge is -2.16. The van der Waals surface area contributed by atoms with Crippen molar-refractivity contribution < 1.29 is 8.42 Å². The van der Waals surface area contributed by atoms with Crippen LogP contribution in [0.15, 0.2) is 4.90 Å². The van der Waals surface area contributed by atoms with Gasteiger partial charge in [0, 0.05) is 19.8 Å². The average Bonchev–Trinajstić information content (AvgIpc) is 2.94. The fourth-order valence-corrected chi connectivity index (χ4v) is 3.90. The molecular formula is C13H24N4O2S. The van der Waals surface area contributed by atoms with Crippen LogP contribution in [-0.2, 0) is 9.84 Å². The number of hydrogen-bond acceptors (Lipinski definition) is 5. The van der Waals surface area contributed by atoms with Gasteiger partial charge in [0.1, 0.15) is 5.82 Å². The minimum absolute atomic E-state index is 0.181. The van der Waals surface area contributed by atoms with E-state index in [9.17, 15) is 8.42 Å². The Morgan fingerprint density at radius 2 is 2.00 bits per heavy atom. The van der Waals surface area contributed by atoms with E-state index in [1.165, 1.54) is 6.26 Å². The van der Waals surface area contributed by atoms with Crippen molar-refractivity contribution in [3.8, 4) is 0 Å². The van der Waals surface area contributed by atoms with Crippen LogP contribution < -0.4 is 10.6 Å². The normalized spacial score (nSPS) is 16.8. The van der Waals surface area contributed by atoms with Gasteiger partial charge in [-0.05, 0) is 19.3 Å². The highest BCUT2D eigenvalue weighted by atomic mass is 32.2. The maximum atomic E-state index is 12.1. The van der Waals surface area contributed by atoms with Crippen LogP contribution in [0.3, 0.4) is 0 Å². The first-order valence-corrected chi connectivity index (χ1v) is 9.04. The van der Waals surface area contributed by atoms with E-state index in [1.54, 1.807) is 4.68 Å². The highest BCUT2D eigenvalue weighted by Crippen LogP contribution is 2.37. The summed E-state index contributed by atoms with van der Waals surface area (Å²) in [4.78, 5) is 2.05. The Kier molecular flexibility index (Phi) is 4.27. The SMILES string of the molecule is CCCN(C)c1nn(C2CCCC2)c(N)c1S(C)(=O)=O. The van der Waals surface area contributed by atoms with Gasteiger partial charge in [0.05, 0.1) is 6.04 Å². The van der Waals surface area contributed by atoms with E-state index in [-0.39, 0.29) is 16.8 Å². The molecule has 1 aromatic rings. The molecule has 114 valence electrons. The maximum absolute atomic E-state index is 12.1. The Bertz CT molecular complexity index is 573. The van der Waals surface area contributed by atoms with E-state index in [2.05, 4.69) is 5.10 Å². The summed E-state index contributed by atoms with van der Waals surface area (Å²) < 4.78 is 25.8. The Morgan fingerprint density at radius 1 is 1.40 bits per heavy atom. The third-order valence-electron chi connectivity index (χ3n) is 3.85. The van der Waals surface area contributed by atoms with Gasteiger partial charge < -0.3 is 10.6 Å². The summed E-state index contributed by atoms with van der Waals surface area (Å²) >= 11 is 0. The Labute approximate surface area is 120 Å². The molecule has 1 aliphatic rings. The second kappa shape index (κ2) is 5.63. The molecule has 1 aliphatic carbocycles. The summed E-state index contributed by atoms with van der Waals surface area (Å²) in [6, 6.07) is 0.235. The first kappa shape index (κ1) is 15.2. The lowest BCUT2D eigenvalue weighted by atomic mass is 10.2. The van der Waals surface area contributed by atoms with E-state index < -0.39 is 9.84 Å². The summed E-state index contributed by atoms with van der Waals surface area (Å²) in [7, 11) is -1.53. The molecule has 1 fully saturated rings. The van der Waals surface area contributed by atoms with Crippen molar-refractivity contribution in [2.24, 2.45) is 0 Å². The van der Waals surface area contributed by atoms with Gasteiger partial charge in [-0.2, -0.15) is 5.10 Å². The van der Waals surface area contributed by atoms with Gasteiger partial charge in [-0.1, -0.05) is 19.8 Å². The van der Waals surface area contributed by atoms with Gasteiger partial charge in [0.15, 0.2) is 20.6 Å². The second-order valence-corrected chi connectivity index (χ2v) is 7.57. The third-order valence-corrected chi connectivity index (χ3v) is 4.98. The van der Waals surface area contributed by atoms with Gasteiger partial charge in [0.25, 0.3) is 0 Å². The van der Waals surface area contributed by atoms with E-state index in [0.717, 1.165) is 38.6 Å². The molecular weight excluding hydrogens is 276 g/mol. The van der Waals surface area contributed by atoms with Crippen molar-refractivity contribution in [1.29, 1.82) is 0 Å². The summed E-state index contributed by atoms with van der Waals surface area (Å²) in [5.74, 6) is 0.774. The molecule has 1 aromatic heterocycles. The number of nitrogens with zero attached hydrogens (tertiary/aromatic N) is 3. The Morgan fingerprint density at radius 3 is 2.50 bits per heavy atom. The van der Waals surface area contributed by atoms with E-state index in [1.807, 2.05) is 18.9 Å². The number of anilines is 2. The van der Waals surface area contributed by atoms with Gasteiger partial charge in [-0.3, -0.25) is 0 Å². The van der Waals surface area contributed by atoms with Crippen LogP contribution in [-0.4, -0.2) is 38.0 Å². The summed E-state index contributed by atoms with van der Waals surface area (Å²) in [6.07, 6.45) is 6.47. The fraction of sp³-hybridized carbons (Fsp3) is 0.769. The number of nitrogen functional groups attached to an aromatic ring is 1. The molecule has 0 aliphatic heterocycles. The predicted octanol–water partition coefficient (Wildman–Crippen LogP) is 1.83. The average molecular weight is 300 g/mol. The lowest BCUT2D eigenvalue weighted by molar-refractivity contribution is 0.473. The Balaban J connectivity index is 2.51. The lowest BCUT2D eigenvalue weighted by Crippen LogP contribution is -2.20. The van der Waals surface area contributed by atoms with E-state index >= 15 is 0 Å². The molecule has 2 rings (SSSR count). The molecule has 0 aromatic carbocycles. The van der Waals surface area contributed by atoms with Crippen LogP contribution in [0.4, 0.5) is 11.6 Å². The van der Waals surface area contributed by atoms with Crippen LogP contribution in [0.5, 0.6) is 0 Å². The van der Waals surface area contributed by atoms with Crippen molar-refractivity contribution in [1.82, 2.24) is 9.78 Å². The van der Waals surface area contributed by atoms with Gasteiger partial charge in [-0.25, -0.2) is 13.1 Å². The van der Waals surface area contributed by atoms with Gasteiger partial charge in [0.2, 0.25) is 0 Å². The van der Waals surface area contributed by atoms with Crippen molar-refractivity contribution in [3.63, 3.8) is 0 Å². The van der Waals surface area contributed by atoms with Crippen LogP contribution >= 0.6 is 0 Å². The maximum Gasteiger partial charge on any atom is 0.182 e. The standard InChI is InChI=1S/C13H24N4O2S/c1-4-9-16(2)13-11(20(3,18)19)12(14)17(15-13)10-7-5-6-8-10/h10H,4-9,14H2,1-3H3. The zero-order chi connectivity index (χ0) is 14.9. The highest BCUT2D eigenvalue weighted by Gasteiger charge is 2.30. The van der Waals surface area contributed by atoms with E-state index in [0.29, 0.717) is 5.82 Å². The number of rotatable bonds is 5. The monoisotopic (exact) mass is 300 g/mol. The summed E-state index contributed by atoms with van der Waals surface area (Å²) in [5, 5.41) is 4.52. The van der Waals surface area contributed by atoms with Crippen LogP contribution in [0, 0.1) is 0 Å². The fourth-order valence-electron chi connectivity index (χ4n) is 2.89. The summed E-state index contributed by atoms with van der Waals surface area (Å²) in [5.41, 5.74) is 6.10. The van der Waals surface area contributed by atoms with Crippen LogP contribution in [0.2, 0.25) is 0 Å². The first-order valence-electron chi connectivity index (χ1n) is 7.15. The van der Waals surface area contributed by atoms with Crippen LogP contribution in [0.25, 0.3) is 0 Å². The molecule has 1 saturated carbocycles. The third kappa shape index (κ3) is 2.77. The quantitative estimate of drug-likeness (QED) is 0.897. The molecule has 0 radical (unpaired) electrons. The van der Waals surface area contributed by atoms with Gasteiger partial charge >= 0.3 is 0 Å². The number of sulfone groups is 1. The molecule has 0 amide bonds. The van der Waals surface area contributed by atoms with Crippen LogP contribution in [0.1, 0.15) is 45.1 Å². The van der Waals surface area contributed by atoms with Crippen molar-refractivity contribution >= 4 is 21.5 Å². The molecule has 0 saturated heterocycles. The Hall–Kier alpha value is -1.24. The molecule has 0 spiro atoms. The molecule has 6 nitrogen and oxygen atoms in total. The van der Waals surface area contributed by atoms with E-state index in [4.69, 9.17) is 5.73 Å². The smallest absolute Gasteiger partial charge is 0.182 e. The highest BCUT2D eigenvalue weighted by molar-refractivity contribution is 7.91. The first-order chi connectivity index (χ1) is 9.36. The number of hydrogen-bond donors (Lipinski definition) is 1. The molecule has 0 bridgehead atoms. The molecule has 0 unspecified atom stereocenters. The second-order valence-electron chi connectivity index (χ2n) is 5.61. The molecule has 0 atom stereocenters. The predicted molar refractivity (Wildman–Crippen MR) is 80.8 cm³/mol. The van der Waals surface area contributed by atoms with Crippen molar-refractivity contribution in [3.05, 3.63) is 0 Å². The number of aromatic nitrogens is 2. The minimum atomic E-state index is -3.39. The topological polar surface area (TPSA) is 81.2 Å². The zero-order valence-corrected chi connectivity index (χ0v) is 13.3. The van der Waals surface area contributed by atoms with Crippen molar-refractivity contribution in [2.75, 3.05) is 30.5 Å².